The Morgan fingerprint density at radius 2 is 1.82 bits per heavy atom. The Hall–Kier alpha value is -3.29. The molecule has 2 saturated carbocycles. The van der Waals surface area contributed by atoms with Gasteiger partial charge in [0.2, 0.25) is 10.0 Å². The molecule has 13 heteroatoms. The van der Waals surface area contributed by atoms with Gasteiger partial charge >= 0.3 is 0 Å². The van der Waals surface area contributed by atoms with Crippen LogP contribution in [-0.4, -0.2) is 50.9 Å². The topological polar surface area (TPSA) is 145 Å². The van der Waals surface area contributed by atoms with Crippen LogP contribution in [-0.2, 0) is 37.9 Å². The predicted octanol–water partition coefficient (Wildman–Crippen LogP) is 2.66. The molecule has 2 aliphatic heterocycles. The number of nitrogens with one attached hydrogen (secondary N) is 2. The van der Waals surface area contributed by atoms with E-state index in [1.165, 1.54) is 24.3 Å². The molecular weight excluding hydrogens is 547 g/mol. The Kier molecular flexibility index (Phi) is 6.08. The van der Waals surface area contributed by atoms with E-state index < -0.39 is 26.0 Å². The van der Waals surface area contributed by atoms with Crippen molar-refractivity contribution in [3.8, 4) is 0 Å². The van der Waals surface area contributed by atoms with Crippen LogP contribution in [0, 0.1) is 23.6 Å². The van der Waals surface area contributed by atoms with Crippen LogP contribution < -0.4 is 10.0 Å². The molecule has 4 aliphatic rings. The third-order valence-corrected chi connectivity index (χ3v) is 10.1. The van der Waals surface area contributed by atoms with Gasteiger partial charge in [-0.2, -0.15) is 8.42 Å². The summed E-state index contributed by atoms with van der Waals surface area (Å²) in [5.74, 6) is -1.28. The summed E-state index contributed by atoms with van der Waals surface area (Å²) in [6.45, 7) is 0.0835. The van der Waals surface area contributed by atoms with Crippen LogP contribution in [0.3, 0.4) is 0 Å². The van der Waals surface area contributed by atoms with E-state index in [1.807, 2.05) is 0 Å². The van der Waals surface area contributed by atoms with Crippen molar-refractivity contribution < 1.29 is 31.1 Å². The molecule has 2 heterocycles. The van der Waals surface area contributed by atoms with Gasteiger partial charge in [-0.3, -0.25) is 4.79 Å². The summed E-state index contributed by atoms with van der Waals surface area (Å²) in [6.07, 6.45) is 3.72. The summed E-state index contributed by atoms with van der Waals surface area (Å²) in [5, 5.41) is 14.3. The van der Waals surface area contributed by atoms with Gasteiger partial charge in [-0.15, -0.1) is 4.40 Å². The number of nitrogens with zero attached hydrogens (tertiary/aromatic N) is 2. The third kappa shape index (κ3) is 4.61. The second-order valence-electron chi connectivity index (χ2n) is 10.6. The Bertz CT molecular complexity index is 1650. The van der Waals surface area contributed by atoms with Crippen LogP contribution in [0.2, 0.25) is 0 Å². The number of rotatable bonds is 6. The van der Waals surface area contributed by atoms with Crippen LogP contribution in [0.25, 0.3) is 0 Å². The molecule has 0 spiro atoms. The monoisotopic (exact) mass is 574 g/mol. The minimum Gasteiger partial charge on any atom is -0.511 e. The smallest absolute Gasteiger partial charge is 0.286 e. The predicted molar refractivity (Wildman–Crippen MR) is 141 cm³/mol. The van der Waals surface area contributed by atoms with E-state index in [0.717, 1.165) is 31.1 Å². The molecule has 1 amide bonds. The van der Waals surface area contributed by atoms with E-state index in [-0.39, 0.29) is 70.5 Å². The summed E-state index contributed by atoms with van der Waals surface area (Å²) in [5.41, 5.74) is 1.12. The van der Waals surface area contributed by atoms with Crippen LogP contribution in [0.1, 0.15) is 30.4 Å². The number of sulfonamides is 2. The Morgan fingerprint density at radius 3 is 2.54 bits per heavy atom. The van der Waals surface area contributed by atoms with Crippen molar-refractivity contribution in [1.82, 2.24) is 9.62 Å². The average Bonchev–Trinajstić information content (AvgIpc) is 3.48. The number of amides is 1. The molecule has 39 heavy (non-hydrogen) atoms. The number of halogens is 1. The number of carbonyl (C=O) groups is 1. The molecule has 2 aromatic carbocycles. The summed E-state index contributed by atoms with van der Waals surface area (Å²) in [6, 6.07) is 9.99. The summed E-state index contributed by atoms with van der Waals surface area (Å²) in [7, 11) is -7.77. The lowest BCUT2D eigenvalue weighted by Gasteiger charge is -2.44. The van der Waals surface area contributed by atoms with E-state index in [4.69, 9.17) is 0 Å². The second kappa shape index (κ2) is 9.14. The fourth-order valence-electron chi connectivity index (χ4n) is 6.47. The molecule has 4 atom stereocenters. The highest BCUT2D eigenvalue weighted by molar-refractivity contribution is 7.90. The molecular formula is C26H27FN4O6S2. The number of aliphatic hydroxyl groups excluding tert-OH is 1. The van der Waals surface area contributed by atoms with Crippen molar-refractivity contribution in [3.63, 3.8) is 0 Å². The SMILES string of the molecule is CS(=O)(=O)NCc1ccc2c(c1)S(=O)(=O)N=C(C1=C(O)[C@@H]3[C@H]4CC[C@H](C4)[C@@H]3N(Cc3ccc(F)cc3)C1=O)N2. The molecule has 2 fully saturated rings. The minimum absolute atomic E-state index is 0.105. The number of carbonyl (C=O) groups excluding carboxylic acids is 1. The molecule has 6 rings (SSSR count). The Morgan fingerprint density at radius 1 is 1.13 bits per heavy atom. The molecule has 3 N–H and O–H groups in total. The zero-order valence-electron chi connectivity index (χ0n) is 21.0. The fourth-order valence-corrected chi connectivity index (χ4v) is 8.07. The average molecular weight is 575 g/mol. The zero-order chi connectivity index (χ0) is 27.7. The maximum atomic E-state index is 13.9. The highest BCUT2D eigenvalue weighted by atomic mass is 32.2. The number of aliphatic hydroxyl groups is 1. The van der Waals surface area contributed by atoms with Gasteiger partial charge in [0, 0.05) is 25.0 Å². The number of benzene rings is 2. The van der Waals surface area contributed by atoms with Crippen LogP contribution in [0.5, 0.6) is 0 Å². The lowest BCUT2D eigenvalue weighted by Crippen LogP contribution is -2.53. The number of fused-ring (bicyclic) bond motifs is 6. The van der Waals surface area contributed by atoms with Gasteiger partial charge in [-0.1, -0.05) is 18.2 Å². The summed E-state index contributed by atoms with van der Waals surface area (Å²) in [4.78, 5) is 15.4. The number of amidine groups is 1. The van der Waals surface area contributed by atoms with Crippen molar-refractivity contribution in [2.45, 2.75) is 43.3 Å². The highest BCUT2D eigenvalue weighted by Crippen LogP contribution is 2.55. The number of anilines is 1. The fraction of sp³-hybridized carbons (Fsp3) is 0.385. The lowest BCUT2D eigenvalue weighted by atomic mass is 9.77. The molecule has 2 aromatic rings. The Labute approximate surface area is 225 Å². The summed E-state index contributed by atoms with van der Waals surface area (Å²) < 4.78 is 69.0. The van der Waals surface area contributed by atoms with Crippen molar-refractivity contribution >= 4 is 37.5 Å². The van der Waals surface area contributed by atoms with E-state index in [9.17, 15) is 31.1 Å². The van der Waals surface area contributed by atoms with Crippen molar-refractivity contribution in [2.24, 2.45) is 22.2 Å². The lowest BCUT2D eigenvalue weighted by molar-refractivity contribution is -0.134. The van der Waals surface area contributed by atoms with Crippen LogP contribution in [0.15, 0.2) is 63.1 Å². The first-order chi connectivity index (χ1) is 18.4. The Balaban J connectivity index is 1.37. The summed E-state index contributed by atoms with van der Waals surface area (Å²) >= 11 is 0. The van der Waals surface area contributed by atoms with Gasteiger partial charge in [0.1, 0.15) is 22.0 Å². The number of hydrogen-bond acceptors (Lipinski definition) is 7. The van der Waals surface area contributed by atoms with Gasteiger partial charge in [-0.25, -0.2) is 17.5 Å². The molecule has 2 aliphatic carbocycles. The molecule has 2 bridgehead atoms. The largest absolute Gasteiger partial charge is 0.511 e. The van der Waals surface area contributed by atoms with Crippen molar-refractivity contribution in [1.29, 1.82) is 0 Å². The normalized spacial score (nSPS) is 27.2. The van der Waals surface area contributed by atoms with Gasteiger partial charge in [-0.05, 0) is 66.5 Å². The van der Waals surface area contributed by atoms with Gasteiger partial charge in [0.25, 0.3) is 15.9 Å². The first-order valence-electron chi connectivity index (χ1n) is 12.6. The van der Waals surface area contributed by atoms with Crippen LogP contribution in [0.4, 0.5) is 10.1 Å². The maximum Gasteiger partial charge on any atom is 0.286 e. The molecule has 0 aromatic heterocycles. The first kappa shape index (κ1) is 26.0. The van der Waals surface area contributed by atoms with E-state index in [0.29, 0.717) is 5.56 Å². The maximum absolute atomic E-state index is 13.9. The van der Waals surface area contributed by atoms with Gasteiger partial charge in [0.05, 0.1) is 11.9 Å². The van der Waals surface area contributed by atoms with Gasteiger partial charge in [0.15, 0.2) is 5.84 Å². The number of hydrogen-bond donors (Lipinski definition) is 3. The van der Waals surface area contributed by atoms with Gasteiger partial charge < -0.3 is 15.3 Å². The third-order valence-electron chi connectivity index (χ3n) is 8.11. The molecule has 10 nitrogen and oxygen atoms in total. The standard InChI is InChI=1S/C26H27FN4O6S2/c1-38(34,35)28-12-15-4-9-19-20(10-15)39(36,37)30-25(29-19)22-24(32)21-16-5-6-17(11-16)23(21)31(26(22)33)13-14-2-7-18(27)8-3-14/h2-4,7-10,16-17,21,23,28,32H,5-6,11-13H2,1H3,(H,29,30)/t16-,17+,21+,23-/m0/s1. The highest BCUT2D eigenvalue weighted by Gasteiger charge is 2.57. The minimum atomic E-state index is -4.29. The van der Waals surface area contributed by atoms with E-state index in [2.05, 4.69) is 14.4 Å². The van der Waals surface area contributed by atoms with E-state index >= 15 is 0 Å². The van der Waals surface area contributed by atoms with Crippen molar-refractivity contribution in [3.05, 3.63) is 70.7 Å². The van der Waals surface area contributed by atoms with Crippen LogP contribution >= 0.6 is 0 Å². The quantitative estimate of drug-likeness (QED) is 0.481. The zero-order valence-corrected chi connectivity index (χ0v) is 22.6. The van der Waals surface area contributed by atoms with Crippen molar-refractivity contribution in [2.75, 3.05) is 11.6 Å². The second-order valence-corrected chi connectivity index (χ2v) is 14.0. The van der Waals surface area contributed by atoms with E-state index in [1.54, 1.807) is 23.1 Å². The molecule has 0 unspecified atom stereocenters. The first-order valence-corrected chi connectivity index (χ1v) is 15.9. The molecule has 0 radical (unpaired) electrons. The molecule has 206 valence electrons. The molecule has 0 saturated heterocycles.